The summed E-state index contributed by atoms with van der Waals surface area (Å²) < 4.78 is 32.5. The second kappa shape index (κ2) is 40.9. The SMILES string of the molecule is CC/C=C\C/C=C\C/C=C\C/C=C\C/C=C\CCCC(=O)OC(CO)COP(=O)(O)OCC(CO)OC(=O)CCCCCCCCCCCCCCCCCC. The van der Waals surface area contributed by atoms with Gasteiger partial charge in [-0.1, -0.05) is 171 Å². The maximum absolute atomic E-state index is 12.4. The molecule has 0 saturated carbocycles. The van der Waals surface area contributed by atoms with Crippen molar-refractivity contribution < 1.29 is 47.8 Å². The summed E-state index contributed by atoms with van der Waals surface area (Å²) in [7, 11) is -4.65. The van der Waals surface area contributed by atoms with Crippen LogP contribution >= 0.6 is 7.82 Å². The van der Waals surface area contributed by atoms with Crippen LogP contribution in [0.5, 0.6) is 0 Å². The molecule has 0 heterocycles. The van der Waals surface area contributed by atoms with Crippen molar-refractivity contribution >= 4 is 19.8 Å². The predicted octanol–water partition coefficient (Wildman–Crippen LogP) is 11.5. The third-order valence-electron chi connectivity index (χ3n) is 8.99. The molecule has 0 aromatic heterocycles. The summed E-state index contributed by atoms with van der Waals surface area (Å²) in [6.45, 7) is 2.03. The van der Waals surface area contributed by atoms with Gasteiger partial charge in [0.05, 0.1) is 26.4 Å². The van der Waals surface area contributed by atoms with Gasteiger partial charge in [-0.3, -0.25) is 18.6 Å². The second-order valence-corrected chi connectivity index (χ2v) is 15.8. The summed E-state index contributed by atoms with van der Waals surface area (Å²) in [5, 5.41) is 19.2. The van der Waals surface area contributed by atoms with E-state index in [9.17, 15) is 29.3 Å². The zero-order valence-corrected chi connectivity index (χ0v) is 36.0. The Balaban J connectivity index is 4.00. The number of phosphoric acid groups is 1. The normalized spacial score (nSPS) is 14.4. The molecule has 0 aromatic rings. The first-order valence-electron chi connectivity index (χ1n) is 21.7. The van der Waals surface area contributed by atoms with Gasteiger partial charge in [-0.25, -0.2) is 4.57 Å². The van der Waals surface area contributed by atoms with Gasteiger partial charge in [0, 0.05) is 12.8 Å². The van der Waals surface area contributed by atoms with Crippen molar-refractivity contribution in [1.29, 1.82) is 0 Å². The van der Waals surface area contributed by atoms with Crippen molar-refractivity contribution in [2.24, 2.45) is 0 Å². The molecule has 0 radical (unpaired) electrons. The second-order valence-electron chi connectivity index (χ2n) is 14.3. The van der Waals surface area contributed by atoms with Gasteiger partial charge in [-0.05, 0) is 51.4 Å². The molecule has 3 atom stereocenters. The molecule has 0 spiro atoms. The van der Waals surface area contributed by atoms with Crippen molar-refractivity contribution in [3.8, 4) is 0 Å². The smallest absolute Gasteiger partial charge is 0.457 e. The van der Waals surface area contributed by atoms with E-state index >= 15 is 0 Å². The fourth-order valence-corrected chi connectivity index (χ4v) is 6.46. The summed E-state index contributed by atoms with van der Waals surface area (Å²) >= 11 is 0. The third kappa shape index (κ3) is 38.5. The Bertz CT molecular complexity index is 1120. The average molecular weight is 811 g/mol. The van der Waals surface area contributed by atoms with Crippen molar-refractivity contribution in [1.82, 2.24) is 0 Å². The van der Waals surface area contributed by atoms with Crippen LogP contribution in [0.25, 0.3) is 0 Å². The van der Waals surface area contributed by atoms with E-state index in [0.29, 0.717) is 19.3 Å². The maximum atomic E-state index is 12.4. The zero-order chi connectivity index (χ0) is 41.2. The quantitative estimate of drug-likeness (QED) is 0.0236. The summed E-state index contributed by atoms with van der Waals surface area (Å²) in [4.78, 5) is 34.5. The number of carbonyl (C=O) groups excluding carboxylic acids is 2. The standard InChI is InChI=1S/C45H79O10P/c1-3-5-7-9-11-13-15-17-19-21-23-25-27-29-31-33-35-37-45(49)55-43(39-47)41-53-56(50,51)52-40-42(38-46)54-44(48)36-34-32-30-28-26-24-22-20-18-16-14-12-10-8-6-4-2/h5,7,11,13,17,19,23,25,29,31,42-43,46-47H,3-4,6,8-10,12,14-16,18,20-22,24,26-28,30,32-41H2,1-2H3,(H,50,51)/b7-5-,13-11-,19-17-,25-23-,31-29-. The fraction of sp³-hybridized carbons (Fsp3) is 0.733. The maximum Gasteiger partial charge on any atom is 0.472 e. The molecule has 3 N–H and O–H groups in total. The van der Waals surface area contributed by atoms with Gasteiger partial charge in [0.25, 0.3) is 0 Å². The minimum absolute atomic E-state index is 0.112. The lowest BCUT2D eigenvalue weighted by molar-refractivity contribution is -0.153. The monoisotopic (exact) mass is 811 g/mol. The Labute approximate surface area is 340 Å². The summed E-state index contributed by atoms with van der Waals surface area (Å²) in [5.41, 5.74) is 0. The summed E-state index contributed by atoms with van der Waals surface area (Å²) in [5.74, 6) is -1.08. The van der Waals surface area contributed by atoms with E-state index in [1.807, 2.05) is 12.2 Å². The Kier molecular flexibility index (Phi) is 39.2. The first kappa shape index (κ1) is 53.7. The number of rotatable bonds is 40. The third-order valence-corrected chi connectivity index (χ3v) is 9.95. The lowest BCUT2D eigenvalue weighted by Crippen LogP contribution is -2.28. The summed E-state index contributed by atoms with van der Waals surface area (Å²) in [6.07, 6.45) is 44.8. The van der Waals surface area contributed by atoms with Crippen molar-refractivity contribution in [3.05, 3.63) is 60.8 Å². The zero-order valence-electron chi connectivity index (χ0n) is 35.1. The van der Waals surface area contributed by atoms with Crippen molar-refractivity contribution in [3.63, 3.8) is 0 Å². The lowest BCUT2D eigenvalue weighted by atomic mass is 10.0. The first-order chi connectivity index (χ1) is 27.3. The van der Waals surface area contributed by atoms with Gasteiger partial charge in [0.1, 0.15) is 12.2 Å². The van der Waals surface area contributed by atoms with Crippen LogP contribution in [0.15, 0.2) is 60.8 Å². The van der Waals surface area contributed by atoms with E-state index in [4.69, 9.17) is 18.5 Å². The van der Waals surface area contributed by atoms with E-state index in [1.54, 1.807) is 0 Å². The largest absolute Gasteiger partial charge is 0.472 e. The first-order valence-corrected chi connectivity index (χ1v) is 23.2. The number of phosphoric ester groups is 1. The minimum atomic E-state index is -4.65. The topological polar surface area (TPSA) is 149 Å². The number of aliphatic hydroxyl groups excluding tert-OH is 2. The number of allylic oxidation sites excluding steroid dienone is 10. The molecular formula is C45H79O10P. The van der Waals surface area contributed by atoms with Crippen LogP contribution in [0.3, 0.4) is 0 Å². The molecule has 3 unspecified atom stereocenters. The highest BCUT2D eigenvalue weighted by Crippen LogP contribution is 2.43. The molecule has 0 aliphatic rings. The van der Waals surface area contributed by atoms with Crippen LogP contribution in [-0.2, 0) is 32.7 Å². The van der Waals surface area contributed by atoms with Crippen molar-refractivity contribution in [2.45, 2.75) is 187 Å². The van der Waals surface area contributed by atoms with Crippen LogP contribution in [-0.4, -0.2) is 65.7 Å². The Morgan fingerprint density at radius 2 is 0.839 bits per heavy atom. The predicted molar refractivity (Wildman–Crippen MR) is 228 cm³/mol. The van der Waals surface area contributed by atoms with Crippen LogP contribution in [0.4, 0.5) is 0 Å². The number of carbonyl (C=O) groups is 2. The molecule has 56 heavy (non-hydrogen) atoms. The highest BCUT2D eigenvalue weighted by Gasteiger charge is 2.27. The van der Waals surface area contributed by atoms with Gasteiger partial charge >= 0.3 is 19.8 Å². The highest BCUT2D eigenvalue weighted by atomic mass is 31.2. The van der Waals surface area contributed by atoms with Gasteiger partial charge in [0.15, 0.2) is 0 Å². The Morgan fingerprint density at radius 3 is 1.21 bits per heavy atom. The lowest BCUT2D eigenvalue weighted by Gasteiger charge is -2.20. The molecule has 0 aliphatic heterocycles. The Morgan fingerprint density at radius 1 is 0.500 bits per heavy atom. The fourth-order valence-electron chi connectivity index (χ4n) is 5.68. The molecule has 0 bridgehead atoms. The van der Waals surface area contributed by atoms with E-state index in [0.717, 1.165) is 51.4 Å². The van der Waals surface area contributed by atoms with E-state index in [1.165, 1.54) is 77.0 Å². The summed E-state index contributed by atoms with van der Waals surface area (Å²) in [6, 6.07) is 0. The van der Waals surface area contributed by atoms with Gasteiger partial charge < -0.3 is 24.6 Å². The van der Waals surface area contributed by atoms with E-state index in [-0.39, 0.29) is 12.8 Å². The molecular weight excluding hydrogens is 731 g/mol. The Hall–Kier alpha value is -2.33. The van der Waals surface area contributed by atoms with E-state index < -0.39 is 58.4 Å². The molecule has 0 saturated heterocycles. The molecule has 324 valence electrons. The van der Waals surface area contributed by atoms with Crippen LogP contribution < -0.4 is 0 Å². The molecule has 0 rings (SSSR count). The molecule has 11 heteroatoms. The molecule has 0 fully saturated rings. The number of hydrogen-bond acceptors (Lipinski definition) is 9. The van der Waals surface area contributed by atoms with E-state index in [2.05, 4.69) is 62.5 Å². The minimum Gasteiger partial charge on any atom is -0.457 e. The van der Waals surface area contributed by atoms with Crippen molar-refractivity contribution in [2.75, 3.05) is 26.4 Å². The molecule has 10 nitrogen and oxygen atoms in total. The number of hydrogen-bond donors (Lipinski definition) is 3. The van der Waals surface area contributed by atoms with Crippen LogP contribution in [0.2, 0.25) is 0 Å². The van der Waals surface area contributed by atoms with Gasteiger partial charge in [-0.2, -0.15) is 0 Å². The molecule has 0 aliphatic carbocycles. The number of ether oxygens (including phenoxy) is 2. The van der Waals surface area contributed by atoms with Gasteiger partial charge in [-0.15, -0.1) is 0 Å². The van der Waals surface area contributed by atoms with Crippen LogP contribution in [0, 0.1) is 0 Å². The number of unbranched alkanes of at least 4 members (excludes halogenated alkanes) is 16. The average Bonchev–Trinajstić information content (AvgIpc) is 3.19. The highest BCUT2D eigenvalue weighted by molar-refractivity contribution is 7.47. The molecule has 0 amide bonds. The molecule has 0 aromatic carbocycles. The number of esters is 2. The van der Waals surface area contributed by atoms with Crippen LogP contribution in [0.1, 0.15) is 174 Å². The van der Waals surface area contributed by atoms with Gasteiger partial charge in [0.2, 0.25) is 0 Å². The number of aliphatic hydroxyl groups is 2.